The molecule has 0 aliphatic rings. The van der Waals surface area contributed by atoms with Crippen LogP contribution in [-0.2, 0) is 6.54 Å². The number of carbonyl (C=O) groups is 1. The lowest BCUT2D eigenvalue weighted by Gasteiger charge is -2.13. The summed E-state index contributed by atoms with van der Waals surface area (Å²) in [7, 11) is 0. The summed E-state index contributed by atoms with van der Waals surface area (Å²) in [6.07, 6.45) is 0. The quantitative estimate of drug-likeness (QED) is 0.794. The van der Waals surface area contributed by atoms with E-state index in [9.17, 15) is 9.59 Å². The summed E-state index contributed by atoms with van der Waals surface area (Å²) in [6.45, 7) is 5.93. The molecule has 0 spiro atoms. The summed E-state index contributed by atoms with van der Waals surface area (Å²) < 4.78 is 1.35. The summed E-state index contributed by atoms with van der Waals surface area (Å²) >= 11 is 0. The van der Waals surface area contributed by atoms with Crippen LogP contribution in [0, 0.1) is 6.92 Å². The van der Waals surface area contributed by atoms with Crippen molar-refractivity contribution in [3.05, 3.63) is 69.9 Å². The number of fused-ring (bicyclic) bond motifs is 1. The highest BCUT2D eigenvalue weighted by atomic mass is 16.2. The summed E-state index contributed by atoms with van der Waals surface area (Å²) in [5, 5.41) is 8.19. The Bertz CT molecular complexity index is 992. The second kappa shape index (κ2) is 6.84. The summed E-state index contributed by atoms with van der Waals surface area (Å²) in [4.78, 5) is 29.6. The fourth-order valence-electron chi connectivity index (χ4n) is 2.68. The Balaban J connectivity index is 1.98. The fraction of sp³-hybridized carbons (Fsp3) is 0.263. The second-order valence-corrected chi connectivity index (χ2v) is 6.19. The van der Waals surface area contributed by atoms with Crippen molar-refractivity contribution in [1.29, 1.82) is 0 Å². The van der Waals surface area contributed by atoms with Crippen molar-refractivity contribution in [2.45, 2.75) is 33.4 Å². The van der Waals surface area contributed by atoms with Crippen LogP contribution in [0.3, 0.4) is 0 Å². The molecule has 25 heavy (non-hydrogen) atoms. The van der Waals surface area contributed by atoms with Gasteiger partial charge in [0, 0.05) is 11.1 Å². The van der Waals surface area contributed by atoms with Crippen molar-refractivity contribution in [3.63, 3.8) is 0 Å². The first-order valence-electron chi connectivity index (χ1n) is 8.19. The number of carbonyl (C=O) groups excluding carboxylic acids is 1. The van der Waals surface area contributed by atoms with E-state index in [-0.39, 0.29) is 23.2 Å². The zero-order valence-corrected chi connectivity index (χ0v) is 14.5. The molecule has 0 atom stereocenters. The molecule has 1 N–H and O–H groups in total. The van der Waals surface area contributed by atoms with Crippen molar-refractivity contribution in [2.24, 2.45) is 0 Å². The molecule has 1 aromatic carbocycles. The molecule has 0 saturated heterocycles. The van der Waals surface area contributed by atoms with Crippen LogP contribution in [0.15, 0.2) is 47.3 Å². The van der Waals surface area contributed by atoms with Gasteiger partial charge >= 0.3 is 0 Å². The van der Waals surface area contributed by atoms with E-state index in [0.29, 0.717) is 17.3 Å². The van der Waals surface area contributed by atoms with E-state index in [1.807, 2.05) is 39.0 Å². The monoisotopic (exact) mass is 336 g/mol. The Kier molecular flexibility index (Phi) is 4.61. The van der Waals surface area contributed by atoms with Gasteiger partial charge in [0.15, 0.2) is 5.69 Å². The normalized spacial score (nSPS) is 11.0. The Labute approximate surface area is 145 Å². The number of pyridine rings is 1. The zero-order valence-electron chi connectivity index (χ0n) is 14.5. The van der Waals surface area contributed by atoms with E-state index in [1.165, 1.54) is 4.68 Å². The number of benzene rings is 1. The largest absolute Gasteiger partial charge is 0.345 e. The van der Waals surface area contributed by atoms with Gasteiger partial charge < -0.3 is 5.32 Å². The molecule has 0 saturated carbocycles. The van der Waals surface area contributed by atoms with Crippen LogP contribution in [0.4, 0.5) is 0 Å². The van der Waals surface area contributed by atoms with Gasteiger partial charge in [-0.15, -0.1) is 0 Å². The van der Waals surface area contributed by atoms with Crippen LogP contribution in [0.1, 0.15) is 41.8 Å². The molecule has 0 radical (unpaired) electrons. The molecule has 6 heteroatoms. The van der Waals surface area contributed by atoms with Gasteiger partial charge in [0.1, 0.15) is 0 Å². The van der Waals surface area contributed by atoms with Gasteiger partial charge in [0.2, 0.25) is 0 Å². The first-order chi connectivity index (χ1) is 12.0. The molecule has 6 nitrogen and oxygen atoms in total. The maximum absolute atomic E-state index is 12.7. The van der Waals surface area contributed by atoms with Crippen molar-refractivity contribution < 1.29 is 4.79 Å². The van der Waals surface area contributed by atoms with Crippen LogP contribution in [-0.4, -0.2) is 20.7 Å². The maximum Gasteiger partial charge on any atom is 0.274 e. The topological polar surface area (TPSA) is 76.9 Å². The number of rotatable bonds is 4. The minimum absolute atomic E-state index is 0.137. The van der Waals surface area contributed by atoms with Crippen molar-refractivity contribution in [3.8, 4) is 0 Å². The second-order valence-electron chi connectivity index (χ2n) is 6.19. The van der Waals surface area contributed by atoms with E-state index in [1.54, 1.807) is 24.3 Å². The average molecular weight is 336 g/mol. The number of nitrogens with zero attached hydrogens (tertiary/aromatic N) is 3. The van der Waals surface area contributed by atoms with E-state index in [2.05, 4.69) is 15.4 Å². The lowest BCUT2D eigenvalue weighted by molar-refractivity contribution is 0.0944. The fourth-order valence-corrected chi connectivity index (χ4v) is 2.68. The Morgan fingerprint density at radius 1 is 1.12 bits per heavy atom. The average Bonchev–Trinajstić information content (AvgIpc) is 2.60. The molecule has 128 valence electrons. The van der Waals surface area contributed by atoms with Gasteiger partial charge in [-0.3, -0.25) is 14.6 Å². The van der Waals surface area contributed by atoms with E-state index in [0.717, 1.165) is 11.4 Å². The minimum atomic E-state index is -0.325. The molecule has 0 unspecified atom stereocenters. The number of nitrogens with one attached hydrogen (secondary N) is 1. The number of aryl methyl sites for hydroxylation is 1. The van der Waals surface area contributed by atoms with E-state index >= 15 is 0 Å². The molecule has 3 aromatic rings. The molecule has 3 rings (SSSR count). The predicted molar refractivity (Wildman–Crippen MR) is 96.5 cm³/mol. The Hall–Kier alpha value is -3.02. The van der Waals surface area contributed by atoms with E-state index in [4.69, 9.17) is 0 Å². The third-order valence-electron chi connectivity index (χ3n) is 3.91. The Morgan fingerprint density at radius 3 is 2.52 bits per heavy atom. The van der Waals surface area contributed by atoms with Gasteiger partial charge in [-0.05, 0) is 39.0 Å². The van der Waals surface area contributed by atoms with Gasteiger partial charge in [-0.2, -0.15) is 5.10 Å². The maximum atomic E-state index is 12.7. The highest BCUT2D eigenvalue weighted by Gasteiger charge is 2.17. The lowest BCUT2D eigenvalue weighted by atomic mass is 10.1. The van der Waals surface area contributed by atoms with Gasteiger partial charge in [-0.1, -0.05) is 24.3 Å². The van der Waals surface area contributed by atoms with Crippen molar-refractivity contribution >= 4 is 16.7 Å². The molecule has 0 aliphatic heterocycles. The molecule has 1 amide bonds. The molecule has 2 aromatic heterocycles. The number of amides is 1. The SMILES string of the molecule is Cc1cccc(CNC(=O)c2nn(C(C)C)c(=O)c3ccccc23)n1. The summed E-state index contributed by atoms with van der Waals surface area (Å²) in [6, 6.07) is 12.6. The standard InChI is InChI=1S/C19H20N4O2/c1-12(2)23-19(25)16-10-5-4-9-15(16)17(22-23)18(24)20-11-14-8-6-7-13(3)21-14/h4-10,12H,11H2,1-3H3,(H,20,24). The van der Waals surface area contributed by atoms with Crippen molar-refractivity contribution in [2.75, 3.05) is 0 Å². The van der Waals surface area contributed by atoms with E-state index < -0.39 is 0 Å². The summed E-state index contributed by atoms with van der Waals surface area (Å²) in [5.41, 5.74) is 1.72. The Morgan fingerprint density at radius 2 is 1.84 bits per heavy atom. The minimum Gasteiger partial charge on any atom is -0.345 e. The van der Waals surface area contributed by atoms with Crippen LogP contribution in [0.25, 0.3) is 10.8 Å². The third kappa shape index (κ3) is 3.42. The summed E-state index contributed by atoms with van der Waals surface area (Å²) in [5.74, 6) is -0.325. The number of hydrogen-bond acceptors (Lipinski definition) is 4. The first kappa shape index (κ1) is 16.8. The van der Waals surface area contributed by atoms with Crippen LogP contribution in [0.2, 0.25) is 0 Å². The van der Waals surface area contributed by atoms with Crippen molar-refractivity contribution in [1.82, 2.24) is 20.1 Å². The molecule has 2 heterocycles. The lowest BCUT2D eigenvalue weighted by Crippen LogP contribution is -2.31. The first-order valence-corrected chi connectivity index (χ1v) is 8.19. The van der Waals surface area contributed by atoms with Gasteiger partial charge in [-0.25, -0.2) is 4.68 Å². The van der Waals surface area contributed by atoms with Crippen LogP contribution in [0.5, 0.6) is 0 Å². The van der Waals surface area contributed by atoms with Gasteiger partial charge in [0.25, 0.3) is 11.5 Å². The number of hydrogen-bond donors (Lipinski definition) is 1. The molecular weight excluding hydrogens is 316 g/mol. The molecule has 0 fully saturated rings. The highest BCUT2D eigenvalue weighted by molar-refractivity contribution is 6.04. The van der Waals surface area contributed by atoms with Crippen LogP contribution < -0.4 is 10.9 Å². The molecule has 0 aliphatic carbocycles. The van der Waals surface area contributed by atoms with Gasteiger partial charge in [0.05, 0.1) is 23.7 Å². The predicted octanol–water partition coefficient (Wildman–Crippen LogP) is 2.61. The number of aromatic nitrogens is 3. The molecule has 0 bridgehead atoms. The molecular formula is C19H20N4O2. The zero-order chi connectivity index (χ0) is 18.0. The smallest absolute Gasteiger partial charge is 0.274 e. The third-order valence-corrected chi connectivity index (χ3v) is 3.91. The van der Waals surface area contributed by atoms with Crippen LogP contribution >= 0.6 is 0 Å². The highest BCUT2D eigenvalue weighted by Crippen LogP contribution is 2.15.